The number of hydrogen-bond donors (Lipinski definition) is 0. The zero-order chi connectivity index (χ0) is 15.9. The van der Waals surface area contributed by atoms with Crippen molar-refractivity contribution < 1.29 is 13.2 Å². The molecule has 0 bridgehead atoms. The number of thioether (sulfide) groups is 1. The number of anilines is 1. The number of Topliss-reactive ketones (excluding diaryl/α,β-unsaturated/α-hetero) is 1. The number of ketones is 1. The Kier molecular flexibility index (Phi) is 4.03. The maximum absolute atomic E-state index is 11.9. The van der Waals surface area contributed by atoms with Crippen molar-refractivity contribution in [2.75, 3.05) is 22.2 Å². The Morgan fingerprint density at radius 2 is 2.18 bits per heavy atom. The lowest BCUT2D eigenvalue weighted by molar-refractivity contribution is 0.101. The van der Waals surface area contributed by atoms with Crippen molar-refractivity contribution in [1.29, 1.82) is 0 Å². The molecular weight excluding hydrogens is 320 g/mol. The van der Waals surface area contributed by atoms with Crippen LogP contribution in [-0.2, 0) is 9.84 Å². The third-order valence-electron chi connectivity index (χ3n) is 3.91. The minimum absolute atomic E-state index is 0.00160. The molecule has 1 fully saturated rings. The first-order valence-electron chi connectivity index (χ1n) is 7.22. The van der Waals surface area contributed by atoms with Crippen LogP contribution >= 0.6 is 11.8 Å². The Morgan fingerprint density at radius 3 is 2.86 bits per heavy atom. The van der Waals surface area contributed by atoms with Crippen molar-refractivity contribution in [2.45, 2.75) is 25.9 Å². The summed E-state index contributed by atoms with van der Waals surface area (Å²) in [5, 5.41) is 0.855. The van der Waals surface area contributed by atoms with E-state index in [-0.39, 0.29) is 29.4 Å². The lowest BCUT2D eigenvalue weighted by atomic mass is 10.1. The molecule has 0 unspecified atom stereocenters. The summed E-state index contributed by atoms with van der Waals surface area (Å²) in [6.07, 6.45) is 0. The van der Waals surface area contributed by atoms with Gasteiger partial charge in [-0.15, -0.1) is 0 Å². The minimum Gasteiger partial charge on any atom is -0.315 e. The van der Waals surface area contributed by atoms with Crippen LogP contribution in [0, 0.1) is 0 Å². The third kappa shape index (κ3) is 2.79. The fraction of sp³-hybridized carbons (Fsp3) is 0.467. The van der Waals surface area contributed by atoms with E-state index in [9.17, 15) is 13.2 Å². The standard InChI is InChI=1S/C15H18N2O3S2/c1-3-21-15-16-13-8-22(19,20)9-14(13)17(15)12-6-4-5-11(7-12)10(2)18/h4-7,13-14H,3,8-9H2,1-2H3/t13-,14-/m1/s1. The van der Waals surface area contributed by atoms with Gasteiger partial charge in [-0.3, -0.25) is 9.79 Å². The van der Waals surface area contributed by atoms with Gasteiger partial charge in [0.25, 0.3) is 0 Å². The first-order chi connectivity index (χ1) is 10.4. The molecular formula is C15H18N2O3S2. The van der Waals surface area contributed by atoms with Crippen molar-refractivity contribution in [3.63, 3.8) is 0 Å². The van der Waals surface area contributed by atoms with Gasteiger partial charge >= 0.3 is 0 Å². The summed E-state index contributed by atoms with van der Waals surface area (Å²) in [4.78, 5) is 18.2. The van der Waals surface area contributed by atoms with Gasteiger partial charge in [0, 0.05) is 11.3 Å². The molecule has 2 heterocycles. The molecule has 0 aromatic heterocycles. The van der Waals surface area contributed by atoms with Crippen LogP contribution in [0.2, 0.25) is 0 Å². The smallest absolute Gasteiger partial charge is 0.164 e. The maximum Gasteiger partial charge on any atom is 0.164 e. The van der Waals surface area contributed by atoms with Crippen LogP contribution in [0.5, 0.6) is 0 Å². The lowest BCUT2D eigenvalue weighted by Gasteiger charge is -2.26. The van der Waals surface area contributed by atoms with Crippen LogP contribution in [0.25, 0.3) is 0 Å². The summed E-state index contributed by atoms with van der Waals surface area (Å²) in [5.41, 5.74) is 1.47. The number of rotatable bonds is 3. The van der Waals surface area contributed by atoms with Gasteiger partial charge in [-0.05, 0) is 24.8 Å². The molecule has 3 rings (SSSR count). The number of carbonyl (C=O) groups is 1. The average Bonchev–Trinajstić information content (AvgIpc) is 2.90. The molecule has 0 radical (unpaired) electrons. The predicted octanol–water partition coefficient (Wildman–Crippen LogP) is 1.98. The summed E-state index contributed by atoms with van der Waals surface area (Å²) in [5.74, 6) is 1.11. The molecule has 2 atom stereocenters. The number of aliphatic imine (C=N–C) groups is 1. The number of nitrogens with zero attached hydrogens (tertiary/aromatic N) is 2. The molecule has 7 heteroatoms. The van der Waals surface area contributed by atoms with Crippen molar-refractivity contribution in [2.24, 2.45) is 4.99 Å². The molecule has 0 amide bonds. The number of carbonyl (C=O) groups excluding carboxylic acids is 1. The first-order valence-corrected chi connectivity index (χ1v) is 10.0. The maximum atomic E-state index is 11.9. The molecule has 1 aromatic carbocycles. The molecule has 0 N–H and O–H groups in total. The molecule has 0 spiro atoms. The van der Waals surface area contributed by atoms with Gasteiger partial charge in [-0.2, -0.15) is 0 Å². The topological polar surface area (TPSA) is 66.8 Å². The van der Waals surface area contributed by atoms with Gasteiger partial charge in [0.1, 0.15) is 0 Å². The zero-order valence-corrected chi connectivity index (χ0v) is 14.2. The second-order valence-corrected chi connectivity index (χ2v) is 8.92. The highest BCUT2D eigenvalue weighted by Crippen LogP contribution is 2.35. The van der Waals surface area contributed by atoms with E-state index in [1.54, 1.807) is 17.8 Å². The van der Waals surface area contributed by atoms with Gasteiger partial charge in [0.2, 0.25) is 0 Å². The monoisotopic (exact) mass is 338 g/mol. The average molecular weight is 338 g/mol. The van der Waals surface area contributed by atoms with Crippen molar-refractivity contribution in [1.82, 2.24) is 0 Å². The Bertz CT molecular complexity index is 743. The summed E-state index contributed by atoms with van der Waals surface area (Å²) >= 11 is 1.61. The number of fused-ring (bicyclic) bond motifs is 1. The third-order valence-corrected chi connectivity index (χ3v) is 6.46. The quantitative estimate of drug-likeness (QED) is 0.789. The van der Waals surface area contributed by atoms with Gasteiger partial charge in [-0.1, -0.05) is 30.8 Å². The summed E-state index contributed by atoms with van der Waals surface area (Å²) in [7, 11) is -3.04. The second-order valence-electron chi connectivity index (χ2n) is 5.53. The van der Waals surface area contributed by atoms with Crippen LogP contribution in [0.15, 0.2) is 29.3 Å². The van der Waals surface area contributed by atoms with Gasteiger partial charge in [-0.25, -0.2) is 8.42 Å². The Balaban J connectivity index is 2.01. The zero-order valence-electron chi connectivity index (χ0n) is 12.5. The van der Waals surface area contributed by atoms with E-state index in [1.807, 2.05) is 30.0 Å². The molecule has 22 heavy (non-hydrogen) atoms. The van der Waals surface area contributed by atoms with Crippen molar-refractivity contribution in [3.05, 3.63) is 29.8 Å². The predicted molar refractivity (Wildman–Crippen MR) is 90.7 cm³/mol. The molecule has 0 aliphatic carbocycles. The van der Waals surface area contributed by atoms with E-state index in [2.05, 4.69) is 4.99 Å². The number of benzene rings is 1. The molecule has 118 valence electrons. The SMILES string of the molecule is CCSC1=N[C@@H]2CS(=O)(=O)C[C@H]2N1c1cccc(C(C)=O)c1. The van der Waals surface area contributed by atoms with Gasteiger partial charge in [0.15, 0.2) is 20.8 Å². The Morgan fingerprint density at radius 1 is 1.41 bits per heavy atom. The van der Waals surface area contributed by atoms with Crippen molar-refractivity contribution in [3.8, 4) is 0 Å². The van der Waals surface area contributed by atoms with Gasteiger partial charge < -0.3 is 4.90 Å². The van der Waals surface area contributed by atoms with E-state index in [4.69, 9.17) is 0 Å². The van der Waals surface area contributed by atoms with Crippen LogP contribution in [0.3, 0.4) is 0 Å². The van der Waals surface area contributed by atoms with E-state index in [0.717, 1.165) is 16.6 Å². The number of hydrogen-bond acceptors (Lipinski definition) is 6. The highest BCUT2D eigenvalue weighted by molar-refractivity contribution is 8.14. The second kappa shape index (κ2) is 5.70. The lowest BCUT2D eigenvalue weighted by Crippen LogP contribution is -2.39. The van der Waals surface area contributed by atoms with Crippen LogP contribution in [-0.4, -0.2) is 48.7 Å². The van der Waals surface area contributed by atoms with Crippen LogP contribution in [0.1, 0.15) is 24.2 Å². The number of amidine groups is 1. The molecule has 1 saturated heterocycles. The molecule has 2 aliphatic heterocycles. The van der Waals surface area contributed by atoms with Gasteiger partial charge in [0.05, 0.1) is 23.6 Å². The van der Waals surface area contributed by atoms with Crippen molar-refractivity contribution >= 4 is 38.2 Å². The minimum atomic E-state index is -3.04. The summed E-state index contributed by atoms with van der Waals surface area (Å²) in [6.45, 7) is 3.57. The molecule has 1 aromatic rings. The summed E-state index contributed by atoms with van der Waals surface area (Å²) in [6, 6.07) is 6.99. The highest BCUT2D eigenvalue weighted by atomic mass is 32.2. The van der Waals surface area contributed by atoms with Crippen LogP contribution < -0.4 is 4.90 Å². The summed E-state index contributed by atoms with van der Waals surface area (Å²) < 4.78 is 23.8. The Hall–Kier alpha value is -1.34. The van der Waals surface area contributed by atoms with E-state index in [1.165, 1.54) is 6.92 Å². The normalized spacial score (nSPS) is 25.9. The highest BCUT2D eigenvalue weighted by Gasteiger charge is 2.47. The van der Waals surface area contributed by atoms with E-state index < -0.39 is 9.84 Å². The fourth-order valence-corrected chi connectivity index (χ4v) is 5.63. The largest absolute Gasteiger partial charge is 0.315 e. The van der Waals surface area contributed by atoms with E-state index in [0.29, 0.717) is 5.56 Å². The van der Waals surface area contributed by atoms with Crippen LogP contribution in [0.4, 0.5) is 5.69 Å². The van der Waals surface area contributed by atoms with E-state index >= 15 is 0 Å². The first kappa shape index (κ1) is 15.6. The molecule has 2 aliphatic rings. The molecule has 0 saturated carbocycles. The Labute approximate surface area is 134 Å². The fourth-order valence-electron chi connectivity index (χ4n) is 2.94. The molecule has 5 nitrogen and oxygen atoms in total. The number of sulfone groups is 1.